The van der Waals surface area contributed by atoms with E-state index >= 15 is 0 Å². The number of benzene rings is 2. The summed E-state index contributed by atoms with van der Waals surface area (Å²) in [4.78, 5) is 23.8. The number of methoxy groups -OCH3 is 1. The number of carboxylic acids is 1. The fraction of sp³-hybridized carbons (Fsp3) is 0.304. The van der Waals surface area contributed by atoms with Gasteiger partial charge in [0.05, 0.1) is 7.11 Å². The summed E-state index contributed by atoms with van der Waals surface area (Å²) >= 11 is 0. The lowest BCUT2D eigenvalue weighted by molar-refractivity contribution is -0.131. The highest BCUT2D eigenvalue weighted by Gasteiger charge is 2.25. The summed E-state index contributed by atoms with van der Waals surface area (Å²) in [5.41, 5.74) is 3.20. The van der Waals surface area contributed by atoms with Crippen LogP contribution in [0.4, 0.5) is 0 Å². The molecule has 148 valence electrons. The summed E-state index contributed by atoms with van der Waals surface area (Å²) in [5.74, 6) is -1.10. The van der Waals surface area contributed by atoms with Gasteiger partial charge in [0.15, 0.2) is 5.75 Å². The Hall–Kier alpha value is -3.08. The van der Waals surface area contributed by atoms with E-state index < -0.39 is 11.9 Å². The van der Waals surface area contributed by atoms with Crippen LogP contribution in [-0.2, 0) is 24.1 Å². The lowest BCUT2D eigenvalue weighted by atomic mass is 9.93. The number of hydrogen-bond acceptors (Lipinski definition) is 4. The molecule has 5 heteroatoms. The quantitative estimate of drug-likeness (QED) is 0.389. The molecule has 0 aliphatic carbocycles. The summed E-state index contributed by atoms with van der Waals surface area (Å²) in [6, 6.07) is 11.5. The lowest BCUT2D eigenvalue weighted by Gasteiger charge is -2.19. The first kappa shape index (κ1) is 21.2. The van der Waals surface area contributed by atoms with Crippen LogP contribution in [0.15, 0.2) is 48.6 Å². The molecular weight excluding hydrogens is 356 g/mol. The Kier molecular flexibility index (Phi) is 7.38. The summed E-state index contributed by atoms with van der Waals surface area (Å²) in [6.45, 7) is 7.04. The number of aromatic carboxylic acids is 1. The van der Waals surface area contributed by atoms with E-state index in [1.165, 1.54) is 14.0 Å². The Bertz CT molecular complexity index is 868. The van der Waals surface area contributed by atoms with Gasteiger partial charge in [-0.15, -0.1) is 6.58 Å². The number of ether oxygens (including phenoxy) is 2. The highest BCUT2D eigenvalue weighted by Crippen LogP contribution is 2.37. The van der Waals surface area contributed by atoms with E-state index in [4.69, 9.17) is 9.47 Å². The number of carbonyl (C=O) groups is 2. The molecule has 0 saturated heterocycles. The third-order valence-electron chi connectivity index (χ3n) is 4.43. The molecule has 0 aromatic heterocycles. The van der Waals surface area contributed by atoms with Crippen molar-refractivity contribution in [1.82, 2.24) is 0 Å². The molecule has 0 bridgehead atoms. The molecule has 0 unspecified atom stereocenters. The van der Waals surface area contributed by atoms with Crippen molar-refractivity contribution >= 4 is 11.9 Å². The number of allylic oxidation sites excluding steroid dienone is 1. The van der Waals surface area contributed by atoms with Crippen molar-refractivity contribution in [2.75, 3.05) is 7.11 Å². The van der Waals surface area contributed by atoms with Crippen LogP contribution in [-0.4, -0.2) is 24.2 Å². The molecule has 0 atom stereocenters. The maximum absolute atomic E-state index is 12.1. The largest absolute Gasteiger partial charge is 0.496 e. The van der Waals surface area contributed by atoms with Crippen LogP contribution in [0.3, 0.4) is 0 Å². The van der Waals surface area contributed by atoms with Crippen molar-refractivity contribution in [1.29, 1.82) is 0 Å². The molecule has 0 heterocycles. The SMILES string of the molecule is C=C(C)CCc1c(OC)cc(CCc2ccccc2)c(C(=O)O)c1OC(C)=O. The number of esters is 1. The third kappa shape index (κ3) is 5.46. The zero-order valence-electron chi connectivity index (χ0n) is 16.6. The van der Waals surface area contributed by atoms with Gasteiger partial charge in [-0.05, 0) is 49.8 Å². The summed E-state index contributed by atoms with van der Waals surface area (Å²) < 4.78 is 10.9. The average Bonchev–Trinajstić information content (AvgIpc) is 2.64. The second kappa shape index (κ2) is 9.74. The van der Waals surface area contributed by atoms with Gasteiger partial charge in [-0.2, -0.15) is 0 Å². The van der Waals surface area contributed by atoms with Crippen LogP contribution in [0.5, 0.6) is 11.5 Å². The molecule has 0 radical (unpaired) electrons. The monoisotopic (exact) mass is 382 g/mol. The van der Waals surface area contributed by atoms with E-state index in [0.29, 0.717) is 42.6 Å². The number of rotatable bonds is 9. The number of hydrogen-bond donors (Lipinski definition) is 1. The van der Waals surface area contributed by atoms with Gasteiger partial charge >= 0.3 is 11.9 Å². The zero-order valence-corrected chi connectivity index (χ0v) is 16.6. The Morgan fingerprint density at radius 3 is 2.29 bits per heavy atom. The van der Waals surface area contributed by atoms with E-state index in [1.54, 1.807) is 6.07 Å². The van der Waals surface area contributed by atoms with Gasteiger partial charge in [0.2, 0.25) is 0 Å². The number of carboxylic acid groups (broad SMARTS) is 1. The van der Waals surface area contributed by atoms with E-state index in [2.05, 4.69) is 6.58 Å². The Morgan fingerprint density at radius 1 is 1.07 bits per heavy atom. The highest BCUT2D eigenvalue weighted by molar-refractivity contribution is 5.95. The molecule has 2 aromatic carbocycles. The van der Waals surface area contributed by atoms with Crippen LogP contribution in [0.2, 0.25) is 0 Å². The maximum Gasteiger partial charge on any atom is 0.339 e. The van der Waals surface area contributed by atoms with Gasteiger partial charge in [0.25, 0.3) is 0 Å². The molecule has 0 spiro atoms. The maximum atomic E-state index is 12.1. The first-order chi connectivity index (χ1) is 13.3. The van der Waals surface area contributed by atoms with Gasteiger partial charge < -0.3 is 14.6 Å². The van der Waals surface area contributed by atoms with Crippen molar-refractivity contribution in [2.45, 2.75) is 39.5 Å². The van der Waals surface area contributed by atoms with E-state index in [-0.39, 0.29) is 11.3 Å². The van der Waals surface area contributed by atoms with E-state index in [9.17, 15) is 14.7 Å². The van der Waals surface area contributed by atoms with Crippen molar-refractivity contribution in [3.05, 3.63) is 70.8 Å². The molecule has 2 aromatic rings. The van der Waals surface area contributed by atoms with Crippen LogP contribution < -0.4 is 9.47 Å². The fourth-order valence-electron chi connectivity index (χ4n) is 3.10. The van der Waals surface area contributed by atoms with Gasteiger partial charge in [0.1, 0.15) is 11.3 Å². The standard InChI is InChI=1S/C23H26O5/c1-15(2)10-13-19-20(27-4)14-18(12-11-17-8-6-5-7-9-17)21(23(25)26)22(19)28-16(3)24/h5-9,14H,1,10-13H2,2-4H3,(H,25,26). The number of aryl methyl sites for hydroxylation is 2. The van der Waals surface area contributed by atoms with Gasteiger partial charge in [0, 0.05) is 12.5 Å². The Morgan fingerprint density at radius 2 is 1.75 bits per heavy atom. The molecule has 5 nitrogen and oxygen atoms in total. The minimum absolute atomic E-state index is 0.0173. The van der Waals surface area contributed by atoms with Crippen molar-refractivity contribution in [2.24, 2.45) is 0 Å². The van der Waals surface area contributed by atoms with Crippen LogP contribution in [0.25, 0.3) is 0 Å². The summed E-state index contributed by atoms with van der Waals surface area (Å²) in [5, 5.41) is 9.87. The fourth-order valence-corrected chi connectivity index (χ4v) is 3.10. The molecular formula is C23H26O5. The van der Waals surface area contributed by atoms with Gasteiger partial charge in [-0.3, -0.25) is 4.79 Å². The zero-order chi connectivity index (χ0) is 20.7. The second-order valence-corrected chi connectivity index (χ2v) is 6.76. The molecule has 0 aliphatic heterocycles. The Labute approximate surface area is 165 Å². The van der Waals surface area contributed by atoms with E-state index in [1.807, 2.05) is 37.3 Å². The van der Waals surface area contributed by atoms with Crippen LogP contribution in [0.1, 0.15) is 47.3 Å². The highest BCUT2D eigenvalue weighted by atomic mass is 16.5. The topological polar surface area (TPSA) is 72.8 Å². The Balaban J connectivity index is 2.55. The first-order valence-corrected chi connectivity index (χ1v) is 9.16. The summed E-state index contributed by atoms with van der Waals surface area (Å²) in [7, 11) is 1.53. The molecule has 0 fully saturated rings. The smallest absolute Gasteiger partial charge is 0.339 e. The second-order valence-electron chi connectivity index (χ2n) is 6.76. The number of carbonyl (C=O) groups excluding carboxylic acids is 1. The summed E-state index contributed by atoms with van der Waals surface area (Å²) in [6.07, 6.45) is 2.25. The molecule has 0 amide bonds. The lowest BCUT2D eigenvalue weighted by Crippen LogP contribution is -2.14. The van der Waals surface area contributed by atoms with E-state index in [0.717, 1.165) is 11.1 Å². The predicted molar refractivity (Wildman–Crippen MR) is 108 cm³/mol. The molecule has 0 aliphatic rings. The minimum atomic E-state index is -1.13. The van der Waals surface area contributed by atoms with Crippen LogP contribution in [0, 0.1) is 0 Å². The normalized spacial score (nSPS) is 10.4. The molecule has 28 heavy (non-hydrogen) atoms. The minimum Gasteiger partial charge on any atom is -0.496 e. The predicted octanol–water partition coefficient (Wildman–Crippen LogP) is 4.61. The average molecular weight is 382 g/mol. The van der Waals surface area contributed by atoms with Crippen molar-refractivity contribution in [3.8, 4) is 11.5 Å². The molecule has 1 N–H and O–H groups in total. The van der Waals surface area contributed by atoms with Crippen molar-refractivity contribution < 1.29 is 24.2 Å². The van der Waals surface area contributed by atoms with Gasteiger partial charge in [-0.25, -0.2) is 4.79 Å². The molecule has 0 saturated carbocycles. The van der Waals surface area contributed by atoms with Crippen molar-refractivity contribution in [3.63, 3.8) is 0 Å². The first-order valence-electron chi connectivity index (χ1n) is 9.16. The molecule has 2 rings (SSSR count). The van der Waals surface area contributed by atoms with Gasteiger partial charge in [-0.1, -0.05) is 35.9 Å². The third-order valence-corrected chi connectivity index (χ3v) is 4.43. The van der Waals surface area contributed by atoms with Crippen LogP contribution >= 0.6 is 0 Å².